The van der Waals surface area contributed by atoms with Gasteiger partial charge in [-0.15, -0.1) is 23.1 Å². The molecular weight excluding hydrogens is 356 g/mol. The van der Waals surface area contributed by atoms with Crippen LogP contribution in [0.2, 0.25) is 0 Å². The summed E-state index contributed by atoms with van der Waals surface area (Å²) in [6.07, 6.45) is 2.07. The molecule has 0 radical (unpaired) electrons. The second-order valence-corrected chi connectivity index (χ2v) is 7.57. The van der Waals surface area contributed by atoms with E-state index in [9.17, 15) is 9.59 Å². The van der Waals surface area contributed by atoms with Crippen molar-refractivity contribution < 1.29 is 14.3 Å². The summed E-state index contributed by atoms with van der Waals surface area (Å²) in [5.74, 6) is -0.386. The van der Waals surface area contributed by atoms with Crippen LogP contribution in [-0.4, -0.2) is 30.2 Å². The number of carbonyl (C=O) groups is 2. The number of nitrogens with zero attached hydrogens (tertiary/aromatic N) is 1. The summed E-state index contributed by atoms with van der Waals surface area (Å²) in [6, 6.07) is 7.31. The standard InChI is InChI=1S/C18H22N2O3S2/c1-11(2)18-20-15(10-25-18)17(22)19-14(9-16(21)23-3)12-5-7-13(24-4)8-6-12/h5-8,10-11,14H,9H2,1-4H3,(H,19,22). The summed E-state index contributed by atoms with van der Waals surface area (Å²) in [4.78, 5) is 29.8. The Labute approximate surface area is 156 Å². The third kappa shape index (κ3) is 5.31. The summed E-state index contributed by atoms with van der Waals surface area (Å²) in [5, 5.41) is 5.56. The normalized spacial score (nSPS) is 12.0. The van der Waals surface area contributed by atoms with Gasteiger partial charge in [-0.1, -0.05) is 26.0 Å². The van der Waals surface area contributed by atoms with E-state index in [-0.39, 0.29) is 24.2 Å². The maximum Gasteiger partial charge on any atom is 0.307 e. The van der Waals surface area contributed by atoms with Crippen molar-refractivity contribution in [2.75, 3.05) is 13.4 Å². The van der Waals surface area contributed by atoms with Gasteiger partial charge in [0.25, 0.3) is 5.91 Å². The molecule has 1 heterocycles. The lowest BCUT2D eigenvalue weighted by Gasteiger charge is -2.18. The number of methoxy groups -OCH3 is 1. The van der Waals surface area contributed by atoms with Crippen LogP contribution >= 0.6 is 23.1 Å². The first kappa shape index (κ1) is 19.5. The quantitative estimate of drug-likeness (QED) is 0.582. The van der Waals surface area contributed by atoms with Gasteiger partial charge < -0.3 is 10.1 Å². The lowest BCUT2D eigenvalue weighted by molar-refractivity contribution is -0.141. The highest BCUT2D eigenvalue weighted by Crippen LogP contribution is 2.23. The Bertz CT molecular complexity index is 726. The van der Waals surface area contributed by atoms with Crippen molar-refractivity contribution in [3.8, 4) is 0 Å². The molecule has 1 amide bonds. The Morgan fingerprint density at radius 1 is 1.28 bits per heavy atom. The molecule has 5 nitrogen and oxygen atoms in total. The first-order chi connectivity index (χ1) is 11.9. The molecule has 1 atom stereocenters. The molecule has 1 unspecified atom stereocenters. The molecule has 0 spiro atoms. The van der Waals surface area contributed by atoms with E-state index in [4.69, 9.17) is 4.74 Å². The van der Waals surface area contributed by atoms with E-state index in [0.29, 0.717) is 5.69 Å². The summed E-state index contributed by atoms with van der Waals surface area (Å²) < 4.78 is 4.76. The molecule has 0 saturated carbocycles. The fraction of sp³-hybridized carbons (Fsp3) is 0.389. The average Bonchev–Trinajstić information content (AvgIpc) is 3.11. The minimum atomic E-state index is -0.458. The first-order valence-corrected chi connectivity index (χ1v) is 10.0. The van der Waals surface area contributed by atoms with Crippen LogP contribution in [0.25, 0.3) is 0 Å². The van der Waals surface area contributed by atoms with Gasteiger partial charge in [-0.2, -0.15) is 0 Å². The summed E-state index contributed by atoms with van der Waals surface area (Å²) in [7, 11) is 1.34. The van der Waals surface area contributed by atoms with Crippen LogP contribution in [0.5, 0.6) is 0 Å². The van der Waals surface area contributed by atoms with Crippen molar-refractivity contribution >= 4 is 35.0 Å². The average molecular weight is 379 g/mol. The number of amides is 1. The first-order valence-electron chi connectivity index (χ1n) is 7.91. The Hall–Kier alpha value is -1.86. The van der Waals surface area contributed by atoms with Crippen LogP contribution in [0.4, 0.5) is 0 Å². The molecule has 0 aliphatic carbocycles. The van der Waals surface area contributed by atoms with Crippen LogP contribution in [0, 0.1) is 0 Å². The molecule has 134 valence electrons. The number of aromatic nitrogens is 1. The number of esters is 1. The second kappa shape index (κ2) is 9.01. The number of carbonyl (C=O) groups excluding carboxylic acids is 2. The van der Waals surface area contributed by atoms with Crippen LogP contribution in [0.15, 0.2) is 34.5 Å². The fourth-order valence-electron chi connectivity index (χ4n) is 2.23. The monoisotopic (exact) mass is 378 g/mol. The van der Waals surface area contributed by atoms with Gasteiger partial charge in [0.05, 0.1) is 24.6 Å². The summed E-state index contributed by atoms with van der Waals surface area (Å²) in [5.41, 5.74) is 1.24. The molecule has 1 aromatic carbocycles. The largest absolute Gasteiger partial charge is 0.469 e. The van der Waals surface area contributed by atoms with E-state index in [1.165, 1.54) is 18.4 Å². The number of hydrogen-bond donors (Lipinski definition) is 1. The van der Waals surface area contributed by atoms with E-state index in [2.05, 4.69) is 10.3 Å². The van der Waals surface area contributed by atoms with Crippen LogP contribution in [-0.2, 0) is 9.53 Å². The van der Waals surface area contributed by atoms with Gasteiger partial charge in [-0.05, 0) is 24.0 Å². The molecule has 0 fully saturated rings. The van der Waals surface area contributed by atoms with Crippen molar-refractivity contribution in [3.05, 3.63) is 45.9 Å². The second-order valence-electron chi connectivity index (χ2n) is 5.81. The number of rotatable bonds is 7. The SMILES string of the molecule is COC(=O)CC(NC(=O)c1csc(C(C)C)n1)c1ccc(SC)cc1. The van der Waals surface area contributed by atoms with Gasteiger partial charge in [0, 0.05) is 16.2 Å². The Morgan fingerprint density at radius 3 is 2.48 bits per heavy atom. The summed E-state index contributed by atoms with van der Waals surface area (Å²) in [6.45, 7) is 4.07. The Balaban J connectivity index is 2.19. The molecule has 2 rings (SSSR count). The highest BCUT2D eigenvalue weighted by atomic mass is 32.2. The number of benzene rings is 1. The molecule has 2 aromatic rings. The number of ether oxygens (including phenoxy) is 1. The zero-order chi connectivity index (χ0) is 18.4. The molecule has 25 heavy (non-hydrogen) atoms. The third-order valence-electron chi connectivity index (χ3n) is 3.67. The predicted octanol–water partition coefficient (Wildman–Crippen LogP) is 4.02. The van der Waals surface area contributed by atoms with E-state index in [1.807, 2.05) is 44.4 Å². The molecule has 0 saturated heterocycles. The number of thiazole rings is 1. The maximum absolute atomic E-state index is 12.5. The van der Waals surface area contributed by atoms with Crippen LogP contribution in [0.1, 0.15) is 53.3 Å². The van der Waals surface area contributed by atoms with Gasteiger partial charge in [0.2, 0.25) is 0 Å². The minimum Gasteiger partial charge on any atom is -0.469 e. The maximum atomic E-state index is 12.5. The van der Waals surface area contributed by atoms with Gasteiger partial charge in [-0.25, -0.2) is 4.98 Å². The number of thioether (sulfide) groups is 1. The molecule has 0 aliphatic rings. The molecular formula is C18H22N2O3S2. The number of hydrogen-bond acceptors (Lipinski definition) is 6. The minimum absolute atomic E-state index is 0.0715. The van der Waals surface area contributed by atoms with Gasteiger partial charge >= 0.3 is 5.97 Å². The zero-order valence-corrected chi connectivity index (χ0v) is 16.4. The summed E-state index contributed by atoms with van der Waals surface area (Å²) >= 11 is 3.10. The van der Waals surface area contributed by atoms with E-state index >= 15 is 0 Å². The van der Waals surface area contributed by atoms with E-state index < -0.39 is 6.04 Å². The molecule has 0 aliphatic heterocycles. The lowest BCUT2D eigenvalue weighted by atomic mass is 10.0. The van der Waals surface area contributed by atoms with Crippen molar-refractivity contribution in [2.45, 2.75) is 37.1 Å². The van der Waals surface area contributed by atoms with E-state index in [0.717, 1.165) is 15.5 Å². The number of nitrogens with one attached hydrogen (secondary N) is 1. The smallest absolute Gasteiger partial charge is 0.307 e. The van der Waals surface area contributed by atoms with Crippen molar-refractivity contribution in [1.29, 1.82) is 0 Å². The third-order valence-corrected chi connectivity index (χ3v) is 5.56. The predicted molar refractivity (Wildman–Crippen MR) is 101 cm³/mol. The van der Waals surface area contributed by atoms with Crippen molar-refractivity contribution in [1.82, 2.24) is 10.3 Å². The van der Waals surface area contributed by atoms with Gasteiger partial charge in [-0.3, -0.25) is 9.59 Å². The Kier molecular flexibility index (Phi) is 7.01. The molecule has 7 heteroatoms. The lowest BCUT2D eigenvalue weighted by Crippen LogP contribution is -2.30. The van der Waals surface area contributed by atoms with Crippen molar-refractivity contribution in [3.63, 3.8) is 0 Å². The topological polar surface area (TPSA) is 68.3 Å². The molecule has 1 N–H and O–H groups in total. The van der Waals surface area contributed by atoms with Crippen molar-refractivity contribution in [2.24, 2.45) is 0 Å². The van der Waals surface area contributed by atoms with Gasteiger partial charge in [0.1, 0.15) is 5.69 Å². The molecule has 1 aromatic heterocycles. The molecule has 0 bridgehead atoms. The van der Waals surface area contributed by atoms with E-state index in [1.54, 1.807) is 17.1 Å². The highest BCUT2D eigenvalue weighted by Gasteiger charge is 2.21. The fourth-order valence-corrected chi connectivity index (χ4v) is 3.45. The van der Waals surface area contributed by atoms with Crippen LogP contribution in [0.3, 0.4) is 0 Å². The van der Waals surface area contributed by atoms with Crippen LogP contribution < -0.4 is 5.32 Å². The zero-order valence-electron chi connectivity index (χ0n) is 14.7. The Morgan fingerprint density at radius 2 is 1.96 bits per heavy atom. The highest BCUT2D eigenvalue weighted by molar-refractivity contribution is 7.98. The van der Waals surface area contributed by atoms with Gasteiger partial charge in [0.15, 0.2) is 0 Å².